The largest absolute Gasteiger partial charge is 0.345 e. The van der Waals surface area contributed by atoms with Gasteiger partial charge in [-0.3, -0.25) is 4.79 Å². The minimum absolute atomic E-state index is 0.0395. The van der Waals surface area contributed by atoms with E-state index < -0.39 is 0 Å². The van der Waals surface area contributed by atoms with Gasteiger partial charge in [0, 0.05) is 11.1 Å². The predicted molar refractivity (Wildman–Crippen MR) is 95.7 cm³/mol. The van der Waals surface area contributed by atoms with Gasteiger partial charge in [0.05, 0.1) is 10.9 Å². The average molecular weight is 353 g/mol. The molecule has 22 heavy (non-hydrogen) atoms. The molecule has 0 bridgehead atoms. The number of carbonyl (C=O) groups is 1. The zero-order valence-corrected chi connectivity index (χ0v) is 14.6. The van der Waals surface area contributed by atoms with Crippen molar-refractivity contribution in [1.29, 1.82) is 0 Å². The van der Waals surface area contributed by atoms with Gasteiger partial charge < -0.3 is 5.32 Å². The molecule has 2 N–H and O–H groups in total. The Labute approximate surface area is 143 Å². The van der Waals surface area contributed by atoms with E-state index in [1.807, 2.05) is 31.2 Å². The van der Waals surface area contributed by atoms with Crippen LogP contribution in [0.3, 0.4) is 0 Å². The van der Waals surface area contributed by atoms with Crippen LogP contribution in [0, 0.1) is 0 Å². The maximum atomic E-state index is 12.5. The highest BCUT2D eigenvalue weighted by Crippen LogP contribution is 2.36. The van der Waals surface area contributed by atoms with E-state index in [1.165, 1.54) is 32.9 Å². The molecule has 1 heterocycles. The van der Waals surface area contributed by atoms with Crippen molar-refractivity contribution in [3.8, 4) is 0 Å². The van der Waals surface area contributed by atoms with Gasteiger partial charge in [0.2, 0.25) is 0 Å². The number of hydrogen-bond donors (Lipinski definition) is 2. The number of hydrogen-bond acceptors (Lipinski definition) is 4. The second kappa shape index (κ2) is 6.71. The molecule has 0 radical (unpaired) electrons. The van der Waals surface area contributed by atoms with Crippen LogP contribution in [0.4, 0.5) is 0 Å². The molecular weight excluding hydrogens is 336 g/mol. The fourth-order valence-electron chi connectivity index (χ4n) is 2.60. The highest BCUT2D eigenvalue weighted by atomic mass is 35.5. The molecule has 1 amide bonds. The second-order valence-corrected chi connectivity index (χ2v) is 7.94. The molecule has 3 rings (SSSR count). The third-order valence-corrected chi connectivity index (χ3v) is 6.27. The summed E-state index contributed by atoms with van der Waals surface area (Å²) >= 11 is 6.03. The van der Waals surface area contributed by atoms with Crippen LogP contribution in [-0.2, 0) is 11.2 Å². The number of nitrogens with one attached hydrogen (secondary N) is 2. The molecule has 2 aliphatic rings. The van der Waals surface area contributed by atoms with Crippen LogP contribution in [-0.4, -0.2) is 11.9 Å². The minimum Gasteiger partial charge on any atom is -0.345 e. The third kappa shape index (κ3) is 3.38. The van der Waals surface area contributed by atoms with Crippen LogP contribution in [0.5, 0.6) is 0 Å². The van der Waals surface area contributed by atoms with E-state index in [1.54, 1.807) is 0 Å². The monoisotopic (exact) mass is 352 g/mol. The van der Waals surface area contributed by atoms with Gasteiger partial charge in [0.1, 0.15) is 0 Å². The summed E-state index contributed by atoms with van der Waals surface area (Å²) in [5, 5.41) is 3.88. The Morgan fingerprint density at radius 1 is 1.50 bits per heavy atom. The summed E-state index contributed by atoms with van der Waals surface area (Å²) in [6, 6.07) is 6.12. The first-order valence-electron chi connectivity index (χ1n) is 7.13. The number of fused-ring (bicyclic) bond motifs is 1. The van der Waals surface area contributed by atoms with Gasteiger partial charge in [-0.15, -0.1) is 0 Å². The van der Waals surface area contributed by atoms with Crippen LogP contribution < -0.4 is 10.0 Å². The second-order valence-electron chi connectivity index (χ2n) is 5.50. The van der Waals surface area contributed by atoms with Crippen LogP contribution in [0.1, 0.15) is 30.5 Å². The van der Waals surface area contributed by atoms with Gasteiger partial charge in [-0.1, -0.05) is 24.2 Å². The minimum atomic E-state index is -0.0395. The van der Waals surface area contributed by atoms with Gasteiger partial charge in [-0.05, 0) is 76.4 Å². The molecular formula is C16H17ClN2OS2. The summed E-state index contributed by atoms with van der Waals surface area (Å²) in [5.41, 5.74) is 3.32. The summed E-state index contributed by atoms with van der Waals surface area (Å²) in [7, 11) is 2.91. The van der Waals surface area contributed by atoms with Gasteiger partial charge >= 0.3 is 0 Å². The number of rotatable bonds is 2. The average Bonchev–Trinajstić information content (AvgIpc) is 2.78. The van der Waals surface area contributed by atoms with Crippen molar-refractivity contribution in [2.45, 2.75) is 31.8 Å². The lowest BCUT2D eigenvalue weighted by atomic mass is 10.1. The standard InChI is InChI=1S/C16H17ClN2OS2/c1-9-7-15(21-22-19-10(9)2)16(20)18-14-6-3-11-8-12(17)4-5-13(11)14/h4-5,7-8,10,14,19H,1,3,6H2,2H3,(H,18,20)/t10?,14-/m1/s1. The maximum absolute atomic E-state index is 12.5. The molecule has 0 aromatic heterocycles. The molecule has 0 saturated carbocycles. The zero-order valence-electron chi connectivity index (χ0n) is 12.2. The van der Waals surface area contributed by atoms with E-state index >= 15 is 0 Å². The van der Waals surface area contributed by atoms with Crippen LogP contribution in [0.25, 0.3) is 0 Å². The number of amides is 1. The molecule has 1 aliphatic heterocycles. The molecule has 1 unspecified atom stereocenters. The fraction of sp³-hybridized carbons (Fsp3) is 0.312. The van der Waals surface area contributed by atoms with E-state index in [2.05, 4.69) is 16.6 Å². The van der Waals surface area contributed by atoms with E-state index in [9.17, 15) is 4.79 Å². The van der Waals surface area contributed by atoms with E-state index in [-0.39, 0.29) is 18.0 Å². The lowest BCUT2D eigenvalue weighted by Gasteiger charge is -2.15. The van der Waals surface area contributed by atoms with E-state index in [0.717, 1.165) is 23.4 Å². The molecule has 2 atom stereocenters. The van der Waals surface area contributed by atoms with Crippen molar-refractivity contribution in [1.82, 2.24) is 10.0 Å². The highest BCUT2D eigenvalue weighted by Gasteiger charge is 2.26. The lowest BCUT2D eigenvalue weighted by molar-refractivity contribution is -0.117. The van der Waals surface area contributed by atoms with Crippen LogP contribution in [0.15, 0.2) is 41.3 Å². The molecule has 3 nitrogen and oxygen atoms in total. The number of benzene rings is 1. The van der Waals surface area contributed by atoms with E-state index in [4.69, 9.17) is 11.6 Å². The van der Waals surface area contributed by atoms with Crippen molar-refractivity contribution in [3.63, 3.8) is 0 Å². The molecule has 0 spiro atoms. The molecule has 1 aromatic rings. The maximum Gasteiger partial charge on any atom is 0.259 e. The van der Waals surface area contributed by atoms with Crippen molar-refractivity contribution in [2.24, 2.45) is 0 Å². The van der Waals surface area contributed by atoms with Crippen molar-refractivity contribution < 1.29 is 4.79 Å². The Bertz CT molecular complexity index is 660. The summed E-state index contributed by atoms with van der Waals surface area (Å²) in [5.74, 6) is -0.0395. The molecule has 6 heteroatoms. The molecule has 0 saturated heterocycles. The van der Waals surface area contributed by atoms with Gasteiger partial charge in [-0.25, -0.2) is 4.72 Å². The first-order chi connectivity index (χ1) is 10.5. The number of carbonyl (C=O) groups excluding carboxylic acids is 1. The first-order valence-corrected chi connectivity index (χ1v) is 9.66. The Kier molecular flexibility index (Phi) is 4.88. The molecule has 1 aliphatic carbocycles. The topological polar surface area (TPSA) is 41.1 Å². The quantitative estimate of drug-likeness (QED) is 0.619. The van der Waals surface area contributed by atoms with Gasteiger partial charge in [-0.2, -0.15) is 0 Å². The van der Waals surface area contributed by atoms with E-state index in [0.29, 0.717) is 4.91 Å². The summed E-state index contributed by atoms with van der Waals surface area (Å²) < 4.78 is 3.23. The first kappa shape index (κ1) is 16.0. The SMILES string of the molecule is C=C1C=C(C(=O)N[C@@H]2CCc3cc(Cl)ccc32)SSNC1C. The number of halogens is 1. The Morgan fingerprint density at radius 2 is 2.32 bits per heavy atom. The third-order valence-electron chi connectivity index (χ3n) is 3.94. The Morgan fingerprint density at radius 3 is 3.14 bits per heavy atom. The normalized spacial score (nSPS) is 24.5. The summed E-state index contributed by atoms with van der Waals surface area (Å²) in [6.07, 6.45) is 3.74. The predicted octanol–water partition coefficient (Wildman–Crippen LogP) is 4.17. The Hall–Kier alpha value is -0.880. The number of aryl methyl sites for hydroxylation is 1. The summed E-state index contributed by atoms with van der Waals surface area (Å²) in [4.78, 5) is 13.2. The van der Waals surface area contributed by atoms with Gasteiger partial charge in [0.15, 0.2) is 0 Å². The van der Waals surface area contributed by atoms with Crippen molar-refractivity contribution in [3.05, 3.63) is 57.5 Å². The fourth-order valence-corrected chi connectivity index (χ4v) is 4.78. The van der Waals surface area contributed by atoms with Crippen molar-refractivity contribution in [2.75, 3.05) is 0 Å². The highest BCUT2D eigenvalue weighted by molar-refractivity contribution is 8.77. The van der Waals surface area contributed by atoms with Crippen LogP contribution in [0.2, 0.25) is 5.02 Å². The molecule has 116 valence electrons. The smallest absolute Gasteiger partial charge is 0.259 e. The molecule has 1 aromatic carbocycles. The zero-order chi connectivity index (χ0) is 15.7. The summed E-state index contributed by atoms with van der Waals surface area (Å²) in [6.45, 7) is 6.04. The lowest BCUT2D eigenvalue weighted by Crippen LogP contribution is -2.27. The van der Waals surface area contributed by atoms with Gasteiger partial charge in [0.25, 0.3) is 5.91 Å². The van der Waals surface area contributed by atoms with Crippen molar-refractivity contribution >= 4 is 39.3 Å². The Balaban J connectivity index is 1.73. The van der Waals surface area contributed by atoms with Crippen LogP contribution >= 0.6 is 33.4 Å². The molecule has 0 fully saturated rings.